The second-order valence-corrected chi connectivity index (χ2v) is 11.2. The summed E-state index contributed by atoms with van der Waals surface area (Å²) in [6.45, 7) is 0.697. The van der Waals surface area contributed by atoms with Gasteiger partial charge in [-0.3, -0.25) is 4.90 Å². The van der Waals surface area contributed by atoms with E-state index in [2.05, 4.69) is 0 Å². The van der Waals surface area contributed by atoms with E-state index in [9.17, 15) is 35.5 Å². The number of hydrogen-bond acceptors (Lipinski definition) is 5. The molecule has 1 atom stereocenters. The number of ether oxygens (including phenoxy) is 1. The molecule has 36 heavy (non-hydrogen) atoms. The zero-order valence-electron chi connectivity index (χ0n) is 19.5. The molecule has 0 radical (unpaired) electrons. The van der Waals surface area contributed by atoms with Gasteiger partial charge in [-0.2, -0.15) is 13.2 Å². The quantitative estimate of drug-likeness (QED) is 0.546. The van der Waals surface area contributed by atoms with Crippen LogP contribution in [0.25, 0.3) is 0 Å². The summed E-state index contributed by atoms with van der Waals surface area (Å²) in [5, 5.41) is 9.76. The molecule has 12 heteroatoms. The Balaban J connectivity index is 1.36. The monoisotopic (exact) mass is 534 g/mol. The number of aliphatic hydroxyl groups is 1. The van der Waals surface area contributed by atoms with Crippen LogP contribution in [0.5, 0.6) is 5.75 Å². The number of rotatable bonds is 7. The first kappa shape index (κ1) is 26.8. The summed E-state index contributed by atoms with van der Waals surface area (Å²) >= 11 is 0. The molecule has 2 saturated heterocycles. The zero-order valence-corrected chi connectivity index (χ0v) is 20.3. The third kappa shape index (κ3) is 5.82. The Kier molecular flexibility index (Phi) is 7.61. The Bertz CT molecular complexity index is 1150. The number of benzene rings is 2. The maximum atomic E-state index is 14.8. The summed E-state index contributed by atoms with van der Waals surface area (Å²) in [5.74, 6) is -2.38. The molecule has 2 aliphatic rings. The fourth-order valence-electron chi connectivity index (χ4n) is 4.74. The predicted octanol–water partition coefficient (Wildman–Crippen LogP) is 3.92. The summed E-state index contributed by atoms with van der Waals surface area (Å²) in [6, 6.07) is 6.36. The van der Waals surface area contributed by atoms with Crippen molar-refractivity contribution >= 4 is 10.0 Å². The van der Waals surface area contributed by atoms with E-state index in [4.69, 9.17) is 4.74 Å². The van der Waals surface area contributed by atoms with E-state index >= 15 is 0 Å². The van der Waals surface area contributed by atoms with E-state index in [0.717, 1.165) is 18.4 Å². The smallest absolute Gasteiger partial charge is 0.416 e. The molecule has 0 aromatic heterocycles. The van der Waals surface area contributed by atoms with Gasteiger partial charge in [0.25, 0.3) is 0 Å². The van der Waals surface area contributed by atoms with Gasteiger partial charge in [0.1, 0.15) is 6.10 Å². The highest BCUT2D eigenvalue weighted by Gasteiger charge is 2.36. The first-order valence-electron chi connectivity index (χ1n) is 11.5. The number of alkyl halides is 3. The van der Waals surface area contributed by atoms with Crippen LogP contribution in [0.1, 0.15) is 41.5 Å². The van der Waals surface area contributed by atoms with Gasteiger partial charge in [0.2, 0.25) is 10.0 Å². The molecule has 4 rings (SSSR count). The van der Waals surface area contributed by atoms with Gasteiger partial charge in [0, 0.05) is 26.2 Å². The number of aliphatic hydroxyl groups excluding tert-OH is 1. The average molecular weight is 535 g/mol. The molecule has 198 valence electrons. The van der Waals surface area contributed by atoms with E-state index in [1.54, 1.807) is 4.90 Å². The van der Waals surface area contributed by atoms with Gasteiger partial charge in [-0.25, -0.2) is 21.5 Å². The van der Waals surface area contributed by atoms with Crippen LogP contribution in [0.4, 0.5) is 22.0 Å². The van der Waals surface area contributed by atoms with Crippen molar-refractivity contribution in [1.29, 1.82) is 0 Å². The summed E-state index contributed by atoms with van der Waals surface area (Å²) in [4.78, 5) is 1.76. The number of hydrogen-bond donors (Lipinski definition) is 1. The van der Waals surface area contributed by atoms with Gasteiger partial charge >= 0.3 is 6.18 Å². The predicted molar refractivity (Wildman–Crippen MR) is 122 cm³/mol. The molecule has 0 bridgehead atoms. The standard InChI is InChI=1S/C24H27F5N2O4S/c1-36(33,34)31-8-6-15(7-9-31)17-10-20(25)23(21(26)11-17)35-19-12-30(13-19)22(14-32)16-2-4-18(5-3-16)24(27,28)29/h2-5,10-11,15,19,22,32H,6-9,12-14H2,1H3. The first-order chi connectivity index (χ1) is 16.9. The van der Waals surface area contributed by atoms with Gasteiger partial charge in [-0.05, 0) is 54.2 Å². The van der Waals surface area contributed by atoms with Crippen molar-refractivity contribution in [3.05, 3.63) is 64.7 Å². The third-order valence-electron chi connectivity index (χ3n) is 6.81. The molecule has 6 nitrogen and oxygen atoms in total. The summed E-state index contributed by atoms with van der Waals surface area (Å²) in [7, 11) is -3.30. The van der Waals surface area contributed by atoms with Crippen molar-refractivity contribution in [1.82, 2.24) is 9.21 Å². The molecule has 2 aromatic carbocycles. The van der Waals surface area contributed by atoms with Gasteiger partial charge < -0.3 is 9.84 Å². The highest BCUT2D eigenvalue weighted by Crippen LogP contribution is 2.36. The molecule has 1 N–H and O–H groups in total. The van der Waals surface area contributed by atoms with Crippen molar-refractivity contribution in [3.8, 4) is 5.75 Å². The SMILES string of the molecule is CS(=O)(=O)N1CCC(c2cc(F)c(OC3CN(C(CO)c4ccc(C(F)(F)F)cc4)C3)c(F)c2)CC1. The summed E-state index contributed by atoms with van der Waals surface area (Å²) in [5.41, 5.74) is 0.152. The molecular weight excluding hydrogens is 507 g/mol. The number of halogens is 5. The van der Waals surface area contributed by atoms with E-state index in [1.165, 1.54) is 28.6 Å². The average Bonchev–Trinajstić information content (AvgIpc) is 2.78. The maximum Gasteiger partial charge on any atom is 0.416 e. The van der Waals surface area contributed by atoms with E-state index in [-0.39, 0.29) is 38.7 Å². The molecule has 0 amide bonds. The van der Waals surface area contributed by atoms with E-state index in [1.807, 2.05) is 0 Å². The van der Waals surface area contributed by atoms with Crippen molar-refractivity contribution in [2.45, 2.75) is 37.1 Å². The van der Waals surface area contributed by atoms with Gasteiger partial charge in [-0.15, -0.1) is 0 Å². The topological polar surface area (TPSA) is 70.1 Å². The minimum Gasteiger partial charge on any atom is -0.482 e. The van der Waals surface area contributed by atoms with Crippen LogP contribution in [0.3, 0.4) is 0 Å². The Morgan fingerprint density at radius 1 is 1.06 bits per heavy atom. The largest absolute Gasteiger partial charge is 0.482 e. The Hall–Kier alpha value is -2.28. The van der Waals surface area contributed by atoms with Crippen molar-refractivity contribution < 1.29 is 40.2 Å². The highest BCUT2D eigenvalue weighted by atomic mass is 32.2. The fourth-order valence-corrected chi connectivity index (χ4v) is 5.61. The Morgan fingerprint density at radius 2 is 1.61 bits per heavy atom. The Morgan fingerprint density at radius 3 is 2.08 bits per heavy atom. The van der Waals surface area contributed by atoms with Gasteiger partial charge in [0.05, 0.1) is 24.5 Å². The summed E-state index contributed by atoms with van der Waals surface area (Å²) < 4.78 is 98.1. The van der Waals surface area contributed by atoms with E-state index < -0.39 is 51.3 Å². The molecule has 0 saturated carbocycles. The normalized spacial score (nSPS) is 19.8. The lowest BCUT2D eigenvalue weighted by Crippen LogP contribution is -2.55. The Labute approximate surface area is 206 Å². The molecule has 0 spiro atoms. The van der Waals surface area contributed by atoms with Crippen LogP contribution < -0.4 is 4.74 Å². The third-order valence-corrected chi connectivity index (χ3v) is 8.12. The zero-order chi connectivity index (χ0) is 26.3. The molecule has 2 aliphatic heterocycles. The minimum atomic E-state index is -4.46. The van der Waals surface area contributed by atoms with Gasteiger partial charge in [0.15, 0.2) is 17.4 Å². The van der Waals surface area contributed by atoms with Crippen LogP contribution in [-0.2, 0) is 16.2 Å². The van der Waals surface area contributed by atoms with Crippen LogP contribution in [0.15, 0.2) is 36.4 Å². The number of likely N-dealkylation sites (tertiary alicyclic amines) is 1. The molecular formula is C24H27F5N2O4S. The van der Waals surface area contributed by atoms with Crippen LogP contribution >= 0.6 is 0 Å². The van der Waals surface area contributed by atoms with Crippen molar-refractivity contribution in [2.75, 3.05) is 39.0 Å². The first-order valence-corrected chi connectivity index (χ1v) is 13.3. The van der Waals surface area contributed by atoms with Crippen molar-refractivity contribution in [2.24, 2.45) is 0 Å². The van der Waals surface area contributed by atoms with Crippen LogP contribution in [0, 0.1) is 11.6 Å². The second kappa shape index (κ2) is 10.2. The maximum absolute atomic E-state index is 14.8. The molecule has 1 unspecified atom stereocenters. The lowest BCUT2D eigenvalue weighted by atomic mass is 9.90. The van der Waals surface area contributed by atoms with Crippen molar-refractivity contribution in [3.63, 3.8) is 0 Å². The van der Waals surface area contributed by atoms with E-state index in [0.29, 0.717) is 24.0 Å². The van der Waals surface area contributed by atoms with Crippen LogP contribution in [-0.4, -0.2) is 67.9 Å². The fraction of sp³-hybridized carbons (Fsp3) is 0.500. The number of piperidine rings is 1. The number of nitrogens with zero attached hydrogens (tertiary/aromatic N) is 2. The van der Waals surface area contributed by atoms with Gasteiger partial charge in [-0.1, -0.05) is 12.1 Å². The molecule has 2 aromatic rings. The highest BCUT2D eigenvalue weighted by molar-refractivity contribution is 7.88. The lowest BCUT2D eigenvalue weighted by Gasteiger charge is -2.43. The summed E-state index contributed by atoms with van der Waals surface area (Å²) in [6.07, 6.45) is -2.97. The lowest BCUT2D eigenvalue weighted by molar-refractivity contribution is -0.137. The molecule has 0 aliphatic carbocycles. The molecule has 2 fully saturated rings. The minimum absolute atomic E-state index is 0.172. The number of sulfonamides is 1. The molecule has 2 heterocycles. The van der Waals surface area contributed by atoms with Crippen LogP contribution in [0.2, 0.25) is 0 Å². The second-order valence-electron chi connectivity index (χ2n) is 9.26.